The molecule has 4 aromatic rings. The number of nitrogens with zero attached hydrogens (tertiary/aromatic N) is 8. The second-order valence-electron chi connectivity index (χ2n) is 8.99. The number of pyridine rings is 1. The van der Waals surface area contributed by atoms with Crippen LogP contribution in [0.2, 0.25) is 0 Å². The standard InChI is InChI=1S/C21H23F3N8/c1-20(2,3)15-13-31-12-14(4-5-16(31)25-15)29-8-10-30(11-9-29)18-7-6-17-26-27-19(21(22,23)24)32(17)28-18/h4-7,12-13H,8-11H2,1-3H3. The van der Waals surface area contributed by atoms with Crippen molar-refractivity contribution in [1.82, 2.24) is 29.2 Å². The highest BCUT2D eigenvalue weighted by molar-refractivity contribution is 5.54. The average Bonchev–Trinajstić information content (AvgIpc) is 3.36. The van der Waals surface area contributed by atoms with Crippen LogP contribution in [0, 0.1) is 0 Å². The summed E-state index contributed by atoms with van der Waals surface area (Å²) in [6.45, 7) is 9.13. The van der Waals surface area contributed by atoms with Gasteiger partial charge in [0, 0.05) is 44.0 Å². The number of fused-ring (bicyclic) bond motifs is 2. The Hall–Kier alpha value is -3.37. The number of halogens is 3. The summed E-state index contributed by atoms with van der Waals surface area (Å²) in [4.78, 5) is 8.93. The van der Waals surface area contributed by atoms with Gasteiger partial charge in [-0.3, -0.25) is 0 Å². The zero-order valence-electron chi connectivity index (χ0n) is 18.0. The van der Waals surface area contributed by atoms with E-state index in [1.807, 2.05) is 15.4 Å². The highest BCUT2D eigenvalue weighted by Crippen LogP contribution is 2.28. The van der Waals surface area contributed by atoms with Crippen LogP contribution in [0.5, 0.6) is 0 Å². The molecule has 0 saturated carbocycles. The molecule has 0 aliphatic carbocycles. The fourth-order valence-electron chi connectivity index (χ4n) is 3.85. The van der Waals surface area contributed by atoms with E-state index in [4.69, 9.17) is 4.98 Å². The van der Waals surface area contributed by atoms with Crippen molar-refractivity contribution in [3.05, 3.63) is 48.2 Å². The van der Waals surface area contributed by atoms with Gasteiger partial charge in [-0.2, -0.15) is 17.7 Å². The number of aromatic nitrogens is 6. The molecule has 0 aromatic carbocycles. The van der Waals surface area contributed by atoms with Crippen LogP contribution in [0.3, 0.4) is 0 Å². The van der Waals surface area contributed by atoms with Gasteiger partial charge in [-0.15, -0.1) is 15.3 Å². The number of hydrogen-bond acceptors (Lipinski definition) is 6. The smallest absolute Gasteiger partial charge is 0.367 e. The van der Waals surface area contributed by atoms with Crippen LogP contribution in [0.15, 0.2) is 36.7 Å². The van der Waals surface area contributed by atoms with E-state index < -0.39 is 12.0 Å². The lowest BCUT2D eigenvalue weighted by Gasteiger charge is -2.36. The van der Waals surface area contributed by atoms with Crippen LogP contribution < -0.4 is 9.80 Å². The van der Waals surface area contributed by atoms with Gasteiger partial charge in [-0.05, 0) is 24.3 Å². The molecule has 32 heavy (non-hydrogen) atoms. The van der Waals surface area contributed by atoms with Crippen molar-refractivity contribution < 1.29 is 13.2 Å². The Balaban J connectivity index is 1.34. The number of alkyl halides is 3. The topological polar surface area (TPSA) is 66.9 Å². The van der Waals surface area contributed by atoms with Crippen LogP contribution in [0.4, 0.5) is 24.7 Å². The maximum Gasteiger partial charge on any atom is 0.453 e. The molecule has 0 spiro atoms. The van der Waals surface area contributed by atoms with E-state index in [9.17, 15) is 13.2 Å². The van der Waals surface area contributed by atoms with Crippen LogP contribution in [-0.2, 0) is 11.6 Å². The van der Waals surface area contributed by atoms with Crippen LogP contribution in [0.25, 0.3) is 11.3 Å². The second kappa shape index (κ2) is 7.07. The second-order valence-corrected chi connectivity index (χ2v) is 8.99. The average molecular weight is 444 g/mol. The van der Waals surface area contributed by atoms with Gasteiger partial charge in [0.1, 0.15) is 11.5 Å². The van der Waals surface area contributed by atoms with E-state index >= 15 is 0 Å². The Kier molecular flexibility index (Phi) is 4.54. The summed E-state index contributed by atoms with van der Waals surface area (Å²) in [5.41, 5.74) is 3.07. The molecule has 1 aliphatic rings. The van der Waals surface area contributed by atoms with E-state index in [-0.39, 0.29) is 11.1 Å². The van der Waals surface area contributed by atoms with Crippen molar-refractivity contribution in [2.45, 2.75) is 32.4 Å². The minimum absolute atomic E-state index is 0.0251. The van der Waals surface area contributed by atoms with Gasteiger partial charge < -0.3 is 14.2 Å². The zero-order chi connectivity index (χ0) is 22.7. The van der Waals surface area contributed by atoms with E-state index in [1.54, 1.807) is 6.07 Å². The molecule has 5 heterocycles. The largest absolute Gasteiger partial charge is 0.453 e. The maximum absolute atomic E-state index is 13.2. The Morgan fingerprint density at radius 2 is 1.50 bits per heavy atom. The molecule has 0 atom stereocenters. The molecule has 0 N–H and O–H groups in total. The quantitative estimate of drug-likeness (QED) is 0.472. The minimum atomic E-state index is -4.61. The van der Waals surface area contributed by atoms with Gasteiger partial charge in [-0.1, -0.05) is 20.8 Å². The first-order valence-corrected chi connectivity index (χ1v) is 10.4. The zero-order valence-corrected chi connectivity index (χ0v) is 18.0. The normalized spacial score (nSPS) is 15.8. The molecule has 4 aromatic heterocycles. The van der Waals surface area contributed by atoms with Crippen molar-refractivity contribution in [3.63, 3.8) is 0 Å². The third-order valence-electron chi connectivity index (χ3n) is 5.67. The Labute approximate surface area is 182 Å². The fourth-order valence-corrected chi connectivity index (χ4v) is 3.85. The lowest BCUT2D eigenvalue weighted by Crippen LogP contribution is -2.47. The van der Waals surface area contributed by atoms with Gasteiger partial charge in [0.25, 0.3) is 5.82 Å². The lowest BCUT2D eigenvalue weighted by atomic mass is 9.93. The van der Waals surface area contributed by atoms with Crippen LogP contribution >= 0.6 is 0 Å². The number of anilines is 2. The summed E-state index contributed by atoms with van der Waals surface area (Å²) in [5, 5.41) is 11.0. The first-order chi connectivity index (χ1) is 15.1. The van der Waals surface area contributed by atoms with Crippen molar-refractivity contribution in [2.24, 2.45) is 0 Å². The van der Waals surface area contributed by atoms with E-state index in [0.29, 0.717) is 18.9 Å². The third-order valence-corrected chi connectivity index (χ3v) is 5.67. The Morgan fingerprint density at radius 1 is 0.812 bits per heavy atom. The summed E-state index contributed by atoms with van der Waals surface area (Å²) in [5.74, 6) is -0.640. The molecule has 5 rings (SSSR count). The number of imidazole rings is 1. The molecule has 0 radical (unpaired) electrons. The summed E-state index contributed by atoms with van der Waals surface area (Å²) in [6.07, 6.45) is -0.474. The SMILES string of the molecule is CC(C)(C)c1cn2cc(N3CCN(c4ccc5nnc(C(F)(F)F)n5n4)CC3)ccc2n1. The van der Waals surface area contributed by atoms with Gasteiger partial charge in [0.05, 0.1) is 11.4 Å². The van der Waals surface area contributed by atoms with E-state index in [0.717, 1.165) is 34.6 Å². The van der Waals surface area contributed by atoms with Crippen molar-refractivity contribution >= 4 is 22.8 Å². The van der Waals surface area contributed by atoms with Crippen LogP contribution in [-0.4, -0.2) is 55.4 Å². The molecule has 0 amide bonds. The molecule has 1 aliphatic heterocycles. The summed E-state index contributed by atoms with van der Waals surface area (Å²) in [7, 11) is 0. The first-order valence-electron chi connectivity index (χ1n) is 10.4. The highest BCUT2D eigenvalue weighted by atomic mass is 19.4. The summed E-state index contributed by atoms with van der Waals surface area (Å²) in [6, 6.07) is 7.26. The van der Waals surface area contributed by atoms with E-state index in [2.05, 4.69) is 59.4 Å². The fraction of sp³-hybridized carbons (Fsp3) is 0.429. The third kappa shape index (κ3) is 3.61. The van der Waals surface area contributed by atoms with Gasteiger partial charge >= 0.3 is 6.18 Å². The van der Waals surface area contributed by atoms with Gasteiger partial charge in [0.2, 0.25) is 0 Å². The minimum Gasteiger partial charge on any atom is -0.367 e. The maximum atomic E-state index is 13.2. The number of piperazine rings is 1. The number of hydrogen-bond donors (Lipinski definition) is 0. The number of rotatable bonds is 2. The monoisotopic (exact) mass is 444 g/mol. The van der Waals surface area contributed by atoms with E-state index in [1.165, 1.54) is 6.07 Å². The summed E-state index contributed by atoms with van der Waals surface area (Å²) >= 11 is 0. The molecular formula is C21H23F3N8. The van der Waals surface area contributed by atoms with Gasteiger partial charge in [-0.25, -0.2) is 4.98 Å². The molecule has 0 bridgehead atoms. The first kappa shape index (κ1) is 20.5. The predicted octanol–water partition coefficient (Wildman–Crippen LogP) is 3.41. The molecule has 1 fully saturated rings. The molecular weight excluding hydrogens is 421 g/mol. The molecule has 1 saturated heterocycles. The van der Waals surface area contributed by atoms with Crippen molar-refractivity contribution in [3.8, 4) is 0 Å². The highest BCUT2D eigenvalue weighted by Gasteiger charge is 2.38. The van der Waals surface area contributed by atoms with Crippen molar-refractivity contribution in [2.75, 3.05) is 36.0 Å². The predicted molar refractivity (Wildman–Crippen MR) is 114 cm³/mol. The van der Waals surface area contributed by atoms with Gasteiger partial charge in [0.15, 0.2) is 5.65 Å². The Bertz CT molecular complexity index is 1280. The molecule has 168 valence electrons. The lowest BCUT2D eigenvalue weighted by molar-refractivity contribution is -0.146. The summed E-state index contributed by atoms with van der Waals surface area (Å²) < 4.78 is 42.3. The van der Waals surface area contributed by atoms with Crippen LogP contribution in [0.1, 0.15) is 32.3 Å². The van der Waals surface area contributed by atoms with Crippen molar-refractivity contribution in [1.29, 1.82) is 0 Å². The Morgan fingerprint density at radius 3 is 2.19 bits per heavy atom. The molecule has 0 unspecified atom stereocenters. The molecule has 8 nitrogen and oxygen atoms in total. The molecule has 11 heteroatoms.